The zero-order chi connectivity index (χ0) is 33.3. The molecule has 0 rings (SSSR count). The predicted molar refractivity (Wildman–Crippen MR) is 183 cm³/mol. The molecule has 0 aromatic carbocycles. The Morgan fingerprint density at radius 1 is 0.689 bits per heavy atom. The number of hydrogen-bond acceptors (Lipinski definition) is 7. The maximum Gasteiger partial charge on any atom is 0.472 e. The van der Waals surface area contributed by atoms with Gasteiger partial charge in [0.05, 0.1) is 13.2 Å². The Labute approximate surface area is 274 Å². The minimum absolute atomic E-state index is 0.0819. The number of unbranched alkanes of at least 4 members (excludes halogenated alkanes) is 16. The van der Waals surface area contributed by atoms with Crippen molar-refractivity contribution in [2.45, 2.75) is 161 Å². The molecule has 45 heavy (non-hydrogen) atoms. The molecule has 0 aromatic rings. The molecule has 0 aliphatic heterocycles. The van der Waals surface area contributed by atoms with Gasteiger partial charge in [-0.05, 0) is 44.9 Å². The van der Waals surface area contributed by atoms with Crippen molar-refractivity contribution in [1.82, 2.24) is 5.32 Å². The van der Waals surface area contributed by atoms with Crippen molar-refractivity contribution < 1.29 is 37.9 Å². The number of phosphoric ester groups is 1. The number of amides is 1. The van der Waals surface area contributed by atoms with Gasteiger partial charge < -0.3 is 20.1 Å². The number of aliphatic hydroxyl groups excluding tert-OH is 1. The quantitative estimate of drug-likeness (QED) is 0.0276. The van der Waals surface area contributed by atoms with Crippen molar-refractivity contribution in [1.29, 1.82) is 0 Å². The first-order chi connectivity index (χ1) is 21.8. The summed E-state index contributed by atoms with van der Waals surface area (Å²) in [7, 11) is -4.40. The third-order valence-electron chi connectivity index (χ3n) is 7.38. The summed E-state index contributed by atoms with van der Waals surface area (Å²) >= 11 is 0. The Balaban J connectivity index is 3.66. The predicted octanol–water partition coefficient (Wildman–Crippen LogP) is 8.87. The van der Waals surface area contributed by atoms with E-state index in [1.54, 1.807) is 0 Å². The molecular weight excluding hydrogens is 593 g/mol. The van der Waals surface area contributed by atoms with Gasteiger partial charge in [0.25, 0.3) is 0 Å². The molecule has 10 heteroatoms. The van der Waals surface area contributed by atoms with E-state index in [9.17, 15) is 24.2 Å². The number of allylic oxidation sites excluding steroid dienone is 4. The normalized spacial score (nSPS) is 13.8. The number of esters is 1. The Morgan fingerprint density at radius 3 is 1.82 bits per heavy atom. The largest absolute Gasteiger partial charge is 0.472 e. The second kappa shape index (κ2) is 32.4. The molecule has 0 spiro atoms. The topological polar surface area (TPSA) is 131 Å². The van der Waals surface area contributed by atoms with Crippen molar-refractivity contribution in [2.24, 2.45) is 0 Å². The van der Waals surface area contributed by atoms with E-state index in [0.29, 0.717) is 6.42 Å². The fraction of sp³-hybridized carbons (Fsp3) is 0.829. The van der Waals surface area contributed by atoms with Crippen LogP contribution >= 0.6 is 7.82 Å². The molecule has 0 aromatic heterocycles. The van der Waals surface area contributed by atoms with Gasteiger partial charge in [-0.3, -0.25) is 18.6 Å². The van der Waals surface area contributed by atoms with Crippen LogP contribution in [0.3, 0.4) is 0 Å². The lowest BCUT2D eigenvalue weighted by molar-refractivity contribution is -0.147. The highest BCUT2D eigenvalue weighted by atomic mass is 31.2. The molecule has 9 nitrogen and oxygen atoms in total. The average Bonchev–Trinajstić information content (AvgIpc) is 3.02. The summed E-state index contributed by atoms with van der Waals surface area (Å²) in [5, 5.41) is 12.6. The Bertz CT molecular complexity index is 805. The summed E-state index contributed by atoms with van der Waals surface area (Å²) in [6.07, 6.45) is 31.1. The zero-order valence-corrected chi connectivity index (χ0v) is 29.5. The fourth-order valence-corrected chi connectivity index (χ4v) is 5.40. The Morgan fingerprint density at radius 2 is 1.20 bits per heavy atom. The number of nitrogens with one attached hydrogen (secondary N) is 1. The summed E-state index contributed by atoms with van der Waals surface area (Å²) in [5.74, 6) is -0.534. The van der Waals surface area contributed by atoms with E-state index in [1.165, 1.54) is 64.2 Å². The van der Waals surface area contributed by atoms with Gasteiger partial charge in [-0.1, -0.05) is 122 Å². The van der Waals surface area contributed by atoms with Gasteiger partial charge in [0.2, 0.25) is 5.91 Å². The molecule has 2 atom stereocenters. The summed E-state index contributed by atoms with van der Waals surface area (Å²) in [6, 6.07) is 0. The minimum Gasteiger partial charge on any atom is -0.463 e. The number of hydrogen-bond donors (Lipinski definition) is 3. The Hall–Kier alpha value is -1.51. The number of aliphatic hydroxyl groups is 1. The second-order valence-corrected chi connectivity index (χ2v) is 13.3. The molecule has 0 saturated carbocycles. The van der Waals surface area contributed by atoms with Gasteiger partial charge in [0.15, 0.2) is 0 Å². The first kappa shape index (κ1) is 43.5. The first-order valence-corrected chi connectivity index (χ1v) is 19.3. The van der Waals surface area contributed by atoms with Crippen molar-refractivity contribution >= 4 is 19.7 Å². The lowest BCUT2D eigenvalue weighted by Crippen LogP contribution is -2.27. The molecule has 0 aliphatic rings. The average molecular weight is 660 g/mol. The monoisotopic (exact) mass is 659 g/mol. The van der Waals surface area contributed by atoms with Crippen LogP contribution in [0.1, 0.15) is 155 Å². The van der Waals surface area contributed by atoms with Crippen LogP contribution in [0.4, 0.5) is 0 Å². The van der Waals surface area contributed by atoms with Crippen LogP contribution in [0.5, 0.6) is 0 Å². The molecule has 0 heterocycles. The van der Waals surface area contributed by atoms with Gasteiger partial charge in [-0.25, -0.2) is 4.57 Å². The van der Waals surface area contributed by atoms with Crippen LogP contribution in [-0.2, 0) is 27.9 Å². The maximum absolute atomic E-state index is 12.0. The number of phosphoric acid groups is 1. The lowest BCUT2D eigenvalue weighted by atomic mass is 10.1. The highest BCUT2D eigenvalue weighted by molar-refractivity contribution is 7.47. The van der Waals surface area contributed by atoms with E-state index in [2.05, 4.69) is 43.5 Å². The van der Waals surface area contributed by atoms with E-state index < -0.39 is 26.5 Å². The van der Waals surface area contributed by atoms with E-state index in [4.69, 9.17) is 13.8 Å². The van der Waals surface area contributed by atoms with Crippen LogP contribution in [0.15, 0.2) is 24.3 Å². The van der Waals surface area contributed by atoms with Crippen molar-refractivity contribution in [3.63, 3.8) is 0 Å². The molecule has 1 amide bonds. The molecule has 0 radical (unpaired) electrons. The first-order valence-electron chi connectivity index (χ1n) is 17.8. The van der Waals surface area contributed by atoms with E-state index in [-0.39, 0.29) is 32.1 Å². The van der Waals surface area contributed by atoms with Crippen LogP contribution in [0, 0.1) is 0 Å². The smallest absolute Gasteiger partial charge is 0.463 e. The molecule has 0 saturated heterocycles. The molecular formula is C35H66NO8P. The highest BCUT2D eigenvalue weighted by Gasteiger charge is 2.23. The molecule has 264 valence electrons. The number of rotatable bonds is 33. The molecule has 0 fully saturated rings. The zero-order valence-electron chi connectivity index (χ0n) is 28.6. The van der Waals surface area contributed by atoms with Gasteiger partial charge >= 0.3 is 13.8 Å². The third kappa shape index (κ3) is 33.7. The van der Waals surface area contributed by atoms with Crippen molar-refractivity contribution in [3.8, 4) is 0 Å². The minimum atomic E-state index is -4.40. The van der Waals surface area contributed by atoms with E-state index in [1.807, 2.05) is 0 Å². The van der Waals surface area contributed by atoms with Crippen LogP contribution in [-0.4, -0.2) is 54.3 Å². The molecule has 0 bridgehead atoms. The van der Waals surface area contributed by atoms with Crippen LogP contribution in [0.25, 0.3) is 0 Å². The second-order valence-electron chi connectivity index (χ2n) is 11.8. The SMILES string of the molecule is CCCCC/C=C\C/C=C\CCCCCCCC(=O)OCC(O)COP(=O)(O)OCCNC(=O)CCCCCCCCCCC. The molecule has 2 unspecified atom stereocenters. The summed E-state index contributed by atoms with van der Waals surface area (Å²) in [6.45, 7) is 3.47. The third-order valence-corrected chi connectivity index (χ3v) is 8.37. The fourth-order valence-electron chi connectivity index (χ4n) is 4.64. The van der Waals surface area contributed by atoms with Gasteiger partial charge in [-0.15, -0.1) is 0 Å². The summed E-state index contributed by atoms with van der Waals surface area (Å²) in [5.41, 5.74) is 0. The Kier molecular flexibility index (Phi) is 31.3. The summed E-state index contributed by atoms with van der Waals surface area (Å²) in [4.78, 5) is 33.6. The maximum atomic E-state index is 12.0. The van der Waals surface area contributed by atoms with Gasteiger partial charge in [0.1, 0.15) is 12.7 Å². The van der Waals surface area contributed by atoms with Gasteiger partial charge in [0, 0.05) is 19.4 Å². The number of ether oxygens (including phenoxy) is 1. The van der Waals surface area contributed by atoms with E-state index >= 15 is 0 Å². The standard InChI is InChI=1S/C35H66NO8P/c1-3-5-7-9-11-13-14-15-16-17-18-20-22-24-26-28-35(39)42-31-33(37)32-44-45(40,41)43-30-29-36-34(38)27-25-23-21-19-12-10-8-6-4-2/h11,13,15-16,33,37H,3-10,12,14,17-32H2,1-2H3,(H,36,38)(H,40,41)/b13-11-,16-15-. The van der Waals surface area contributed by atoms with Crippen LogP contribution in [0.2, 0.25) is 0 Å². The lowest BCUT2D eigenvalue weighted by Gasteiger charge is -2.15. The number of carbonyl (C=O) groups is 2. The van der Waals surface area contributed by atoms with Crippen LogP contribution < -0.4 is 5.32 Å². The summed E-state index contributed by atoms with van der Waals surface area (Å²) < 4.78 is 26.7. The van der Waals surface area contributed by atoms with E-state index in [0.717, 1.165) is 64.2 Å². The highest BCUT2D eigenvalue weighted by Crippen LogP contribution is 2.42. The molecule has 3 N–H and O–H groups in total. The van der Waals surface area contributed by atoms with Crippen molar-refractivity contribution in [3.05, 3.63) is 24.3 Å². The number of carbonyl (C=O) groups excluding carboxylic acids is 2. The van der Waals surface area contributed by atoms with Gasteiger partial charge in [-0.2, -0.15) is 0 Å². The van der Waals surface area contributed by atoms with Crippen molar-refractivity contribution in [2.75, 3.05) is 26.4 Å². The molecule has 0 aliphatic carbocycles.